The van der Waals surface area contributed by atoms with E-state index in [4.69, 9.17) is 5.11 Å². The molecule has 3 rings (SSSR count). The Labute approximate surface area is 164 Å². The molecule has 0 radical (unpaired) electrons. The minimum atomic E-state index is -0.827. The van der Waals surface area contributed by atoms with Gasteiger partial charge in [-0.1, -0.05) is 6.92 Å². The number of aryl methyl sites for hydroxylation is 1. The number of carboxylic acid groups (broad SMARTS) is 1. The van der Waals surface area contributed by atoms with Crippen LogP contribution in [0.2, 0.25) is 0 Å². The van der Waals surface area contributed by atoms with Crippen molar-refractivity contribution >= 4 is 29.3 Å². The molecule has 0 saturated heterocycles. The second-order valence-corrected chi connectivity index (χ2v) is 7.36. The molecule has 152 valence electrons. The van der Waals surface area contributed by atoms with Gasteiger partial charge in [0.05, 0.1) is 6.54 Å². The van der Waals surface area contributed by atoms with Crippen LogP contribution in [-0.4, -0.2) is 59.6 Å². The largest absolute Gasteiger partial charge is 0.480 e. The predicted octanol–water partition coefficient (Wildman–Crippen LogP) is 2.04. The van der Waals surface area contributed by atoms with Gasteiger partial charge in [0.2, 0.25) is 5.91 Å². The van der Waals surface area contributed by atoms with E-state index in [2.05, 4.69) is 10.6 Å². The SMILES string of the molecule is CCN1C(=O)CCc2cc(NC(=O)NC3CC(N(CC)CC(=O)O)C3)ccc21. The maximum Gasteiger partial charge on any atom is 0.319 e. The Bertz CT molecular complexity index is 761. The van der Waals surface area contributed by atoms with E-state index < -0.39 is 5.97 Å². The molecule has 3 N–H and O–H groups in total. The standard InChI is InChI=1S/C20H28N4O4/c1-3-23(12-19(26)27)16-10-15(11-16)22-20(28)21-14-6-7-17-13(9-14)5-8-18(25)24(17)4-2/h6-7,9,15-16H,3-5,8,10-12H2,1-2H3,(H,26,27)(H2,21,22,28). The molecule has 0 bridgehead atoms. The van der Waals surface area contributed by atoms with Crippen molar-refractivity contribution in [2.75, 3.05) is 29.9 Å². The number of hydrogen-bond donors (Lipinski definition) is 3. The van der Waals surface area contributed by atoms with Crippen molar-refractivity contribution in [1.29, 1.82) is 0 Å². The summed E-state index contributed by atoms with van der Waals surface area (Å²) in [5.74, 6) is -0.691. The molecule has 2 aliphatic rings. The van der Waals surface area contributed by atoms with Gasteiger partial charge >= 0.3 is 12.0 Å². The van der Waals surface area contributed by atoms with Crippen LogP contribution in [0.3, 0.4) is 0 Å². The lowest BCUT2D eigenvalue weighted by atomic mass is 9.85. The van der Waals surface area contributed by atoms with Gasteiger partial charge in [0, 0.05) is 36.4 Å². The van der Waals surface area contributed by atoms with Crippen LogP contribution in [0.1, 0.15) is 38.7 Å². The van der Waals surface area contributed by atoms with E-state index in [9.17, 15) is 14.4 Å². The van der Waals surface area contributed by atoms with Gasteiger partial charge in [-0.3, -0.25) is 14.5 Å². The van der Waals surface area contributed by atoms with E-state index in [-0.39, 0.29) is 30.6 Å². The lowest BCUT2D eigenvalue weighted by Gasteiger charge is -2.42. The van der Waals surface area contributed by atoms with E-state index in [1.807, 2.05) is 36.9 Å². The van der Waals surface area contributed by atoms with E-state index >= 15 is 0 Å². The number of amides is 3. The van der Waals surface area contributed by atoms with Gasteiger partial charge in [-0.25, -0.2) is 4.79 Å². The molecule has 0 atom stereocenters. The molecule has 1 aromatic rings. The van der Waals surface area contributed by atoms with Crippen LogP contribution in [0.25, 0.3) is 0 Å². The zero-order chi connectivity index (χ0) is 20.3. The number of nitrogens with zero attached hydrogens (tertiary/aromatic N) is 2. The van der Waals surface area contributed by atoms with E-state index in [0.717, 1.165) is 24.1 Å². The van der Waals surface area contributed by atoms with Gasteiger partial charge in [-0.15, -0.1) is 0 Å². The Morgan fingerprint density at radius 2 is 2.00 bits per heavy atom. The van der Waals surface area contributed by atoms with Gasteiger partial charge in [0.1, 0.15) is 0 Å². The molecular weight excluding hydrogens is 360 g/mol. The summed E-state index contributed by atoms with van der Waals surface area (Å²) in [6.07, 6.45) is 2.69. The number of carbonyl (C=O) groups excluding carboxylic acids is 2. The first-order valence-corrected chi connectivity index (χ1v) is 9.87. The molecular formula is C20H28N4O4. The van der Waals surface area contributed by atoms with Crippen molar-refractivity contribution in [3.8, 4) is 0 Å². The molecule has 0 spiro atoms. The Balaban J connectivity index is 1.51. The highest BCUT2D eigenvalue weighted by molar-refractivity contribution is 5.97. The molecule has 1 aliphatic heterocycles. The quantitative estimate of drug-likeness (QED) is 0.663. The number of rotatable bonds is 7. The zero-order valence-corrected chi connectivity index (χ0v) is 16.4. The number of likely N-dealkylation sites (N-methyl/N-ethyl adjacent to an activating group) is 1. The second-order valence-electron chi connectivity index (χ2n) is 7.36. The number of hydrogen-bond acceptors (Lipinski definition) is 4. The van der Waals surface area contributed by atoms with Crippen LogP contribution in [0.4, 0.5) is 16.2 Å². The Morgan fingerprint density at radius 3 is 2.64 bits per heavy atom. The predicted molar refractivity (Wildman–Crippen MR) is 107 cm³/mol. The second kappa shape index (κ2) is 8.60. The van der Waals surface area contributed by atoms with Crippen molar-refractivity contribution in [3.05, 3.63) is 23.8 Å². The molecule has 0 unspecified atom stereocenters. The smallest absolute Gasteiger partial charge is 0.319 e. The van der Waals surface area contributed by atoms with Gasteiger partial charge < -0.3 is 20.6 Å². The zero-order valence-electron chi connectivity index (χ0n) is 16.4. The summed E-state index contributed by atoms with van der Waals surface area (Å²) in [6, 6.07) is 5.62. The van der Waals surface area contributed by atoms with Crippen molar-refractivity contribution < 1.29 is 19.5 Å². The van der Waals surface area contributed by atoms with Gasteiger partial charge in [0.15, 0.2) is 0 Å². The molecule has 1 heterocycles. The highest BCUT2D eigenvalue weighted by Crippen LogP contribution is 2.30. The third-order valence-corrected chi connectivity index (χ3v) is 5.56. The molecule has 28 heavy (non-hydrogen) atoms. The first-order chi connectivity index (χ1) is 13.4. The molecule has 8 heteroatoms. The fraction of sp³-hybridized carbons (Fsp3) is 0.550. The molecule has 1 aliphatic carbocycles. The van der Waals surface area contributed by atoms with Gasteiger partial charge in [-0.2, -0.15) is 0 Å². The summed E-state index contributed by atoms with van der Waals surface area (Å²) >= 11 is 0. The third-order valence-electron chi connectivity index (χ3n) is 5.56. The van der Waals surface area contributed by atoms with E-state index in [0.29, 0.717) is 31.6 Å². The van der Waals surface area contributed by atoms with Crippen LogP contribution < -0.4 is 15.5 Å². The summed E-state index contributed by atoms with van der Waals surface area (Å²) in [7, 11) is 0. The van der Waals surface area contributed by atoms with Crippen molar-refractivity contribution in [2.24, 2.45) is 0 Å². The number of carbonyl (C=O) groups is 3. The summed E-state index contributed by atoms with van der Waals surface area (Å²) in [6.45, 7) is 5.25. The van der Waals surface area contributed by atoms with E-state index in [1.54, 1.807) is 4.90 Å². The minimum Gasteiger partial charge on any atom is -0.480 e. The van der Waals surface area contributed by atoms with Crippen LogP contribution >= 0.6 is 0 Å². The van der Waals surface area contributed by atoms with Gasteiger partial charge in [0.25, 0.3) is 0 Å². The summed E-state index contributed by atoms with van der Waals surface area (Å²) in [5, 5.41) is 14.8. The van der Waals surface area contributed by atoms with Crippen LogP contribution in [0.15, 0.2) is 18.2 Å². The number of benzene rings is 1. The monoisotopic (exact) mass is 388 g/mol. The minimum absolute atomic E-state index is 0.0342. The molecule has 0 aromatic heterocycles. The number of carboxylic acids is 1. The molecule has 1 aromatic carbocycles. The average Bonchev–Trinajstić information content (AvgIpc) is 2.62. The lowest BCUT2D eigenvalue weighted by Crippen LogP contribution is -2.55. The molecule has 8 nitrogen and oxygen atoms in total. The van der Waals surface area contributed by atoms with Crippen LogP contribution in [0, 0.1) is 0 Å². The molecule has 3 amide bonds. The van der Waals surface area contributed by atoms with Gasteiger partial charge in [-0.05, 0) is 56.5 Å². The van der Waals surface area contributed by atoms with Crippen molar-refractivity contribution in [1.82, 2.24) is 10.2 Å². The fourth-order valence-corrected chi connectivity index (χ4v) is 4.01. The Kier molecular flexibility index (Phi) is 6.18. The maximum atomic E-state index is 12.3. The Hall–Kier alpha value is -2.61. The topological polar surface area (TPSA) is 102 Å². The van der Waals surface area contributed by atoms with Crippen LogP contribution in [-0.2, 0) is 16.0 Å². The number of fused-ring (bicyclic) bond motifs is 1. The molecule has 1 saturated carbocycles. The number of aliphatic carboxylic acids is 1. The third kappa shape index (κ3) is 4.44. The number of urea groups is 1. The van der Waals surface area contributed by atoms with Crippen molar-refractivity contribution in [2.45, 2.75) is 51.6 Å². The highest BCUT2D eigenvalue weighted by atomic mass is 16.4. The fourth-order valence-electron chi connectivity index (χ4n) is 4.01. The average molecular weight is 388 g/mol. The highest BCUT2D eigenvalue weighted by Gasteiger charge is 2.34. The normalized spacial score (nSPS) is 21.1. The number of anilines is 2. The Morgan fingerprint density at radius 1 is 1.25 bits per heavy atom. The summed E-state index contributed by atoms with van der Waals surface area (Å²) in [4.78, 5) is 38.8. The number of nitrogens with one attached hydrogen (secondary N) is 2. The first kappa shape index (κ1) is 20.1. The molecule has 1 fully saturated rings. The lowest BCUT2D eigenvalue weighted by molar-refractivity contribution is -0.139. The summed E-state index contributed by atoms with van der Waals surface area (Å²) < 4.78 is 0. The van der Waals surface area contributed by atoms with Crippen LogP contribution in [0.5, 0.6) is 0 Å². The maximum absolute atomic E-state index is 12.3. The first-order valence-electron chi connectivity index (χ1n) is 9.87. The van der Waals surface area contributed by atoms with Crippen molar-refractivity contribution in [3.63, 3.8) is 0 Å². The summed E-state index contributed by atoms with van der Waals surface area (Å²) in [5.41, 5.74) is 2.69. The van der Waals surface area contributed by atoms with E-state index in [1.165, 1.54) is 0 Å².